The molecule has 2 rings (SSSR count). The van der Waals surface area contributed by atoms with Gasteiger partial charge < -0.3 is 10.5 Å². The van der Waals surface area contributed by atoms with Crippen LogP contribution in [0.4, 0.5) is 11.4 Å². The fraction of sp³-hybridized carbons (Fsp3) is 0.188. The Balaban J connectivity index is 2.36. The lowest BCUT2D eigenvalue weighted by atomic mass is 9.99. The van der Waals surface area contributed by atoms with E-state index in [1.165, 1.54) is 13.2 Å². The van der Waals surface area contributed by atoms with Crippen molar-refractivity contribution in [3.63, 3.8) is 0 Å². The molecule has 114 valence electrons. The molecule has 0 aliphatic heterocycles. The lowest BCUT2D eigenvalue weighted by Gasteiger charge is -2.07. The quantitative estimate of drug-likeness (QED) is 0.396. The molecular weight excluding hydrogens is 284 g/mol. The number of hydrogen-bond donors (Lipinski definition) is 1. The Morgan fingerprint density at radius 1 is 1.27 bits per heavy atom. The van der Waals surface area contributed by atoms with Crippen LogP contribution in [0.15, 0.2) is 42.5 Å². The van der Waals surface area contributed by atoms with Crippen LogP contribution in [0.25, 0.3) is 11.1 Å². The first kappa shape index (κ1) is 15.5. The van der Waals surface area contributed by atoms with Gasteiger partial charge in [0.2, 0.25) is 0 Å². The van der Waals surface area contributed by atoms with Crippen LogP contribution >= 0.6 is 0 Å². The second kappa shape index (κ2) is 6.71. The highest BCUT2D eigenvalue weighted by molar-refractivity contribution is 5.81. The van der Waals surface area contributed by atoms with E-state index in [-0.39, 0.29) is 23.8 Å². The summed E-state index contributed by atoms with van der Waals surface area (Å²) in [6.45, 7) is 0. The highest BCUT2D eigenvalue weighted by Crippen LogP contribution is 2.34. The van der Waals surface area contributed by atoms with Crippen LogP contribution < -0.4 is 5.73 Å². The standard InChI is InChI=1S/C16H16N2O4/c1-22-15(19)9-8-11-4-2-5-12(10-11)13-6-3-7-14(17)16(13)18(20)21/h2-7,10H,8-9,17H2,1H3. The maximum atomic E-state index is 11.2. The number of nitro benzene ring substituents is 1. The summed E-state index contributed by atoms with van der Waals surface area (Å²) >= 11 is 0. The summed E-state index contributed by atoms with van der Waals surface area (Å²) in [7, 11) is 1.34. The average molecular weight is 300 g/mol. The van der Waals surface area contributed by atoms with Gasteiger partial charge in [-0.1, -0.05) is 30.3 Å². The third-order valence-corrected chi connectivity index (χ3v) is 3.33. The molecule has 6 heteroatoms. The Morgan fingerprint density at radius 3 is 2.68 bits per heavy atom. The largest absolute Gasteiger partial charge is 0.469 e. The summed E-state index contributed by atoms with van der Waals surface area (Å²) in [4.78, 5) is 21.9. The van der Waals surface area contributed by atoms with E-state index in [9.17, 15) is 14.9 Å². The summed E-state index contributed by atoms with van der Waals surface area (Å²) in [5.74, 6) is -0.291. The number of nitrogens with zero attached hydrogens (tertiary/aromatic N) is 1. The van der Waals surface area contributed by atoms with E-state index in [0.717, 1.165) is 5.56 Å². The smallest absolute Gasteiger partial charge is 0.305 e. The van der Waals surface area contributed by atoms with Crippen LogP contribution in [0.1, 0.15) is 12.0 Å². The molecule has 0 spiro atoms. The predicted octanol–water partition coefficient (Wildman–Crippen LogP) is 2.95. The second-order valence-electron chi connectivity index (χ2n) is 4.78. The molecule has 2 N–H and O–H groups in total. The SMILES string of the molecule is COC(=O)CCc1cccc(-c2cccc(N)c2[N+](=O)[O-])c1. The Hall–Kier alpha value is -2.89. The zero-order valence-corrected chi connectivity index (χ0v) is 12.1. The molecule has 0 atom stereocenters. The van der Waals surface area contributed by atoms with Gasteiger partial charge in [-0.25, -0.2) is 0 Å². The van der Waals surface area contributed by atoms with Gasteiger partial charge >= 0.3 is 5.97 Å². The third kappa shape index (κ3) is 3.41. The molecule has 2 aromatic carbocycles. The Morgan fingerprint density at radius 2 is 2.00 bits per heavy atom. The summed E-state index contributed by atoms with van der Waals surface area (Å²) in [6.07, 6.45) is 0.773. The molecule has 0 saturated carbocycles. The number of nitrogen functional groups attached to an aromatic ring is 1. The van der Waals surface area contributed by atoms with Crippen molar-refractivity contribution in [2.24, 2.45) is 0 Å². The number of carbonyl (C=O) groups is 1. The monoisotopic (exact) mass is 300 g/mol. The van der Waals surface area contributed by atoms with Gasteiger partial charge in [0.05, 0.1) is 17.6 Å². The van der Waals surface area contributed by atoms with Crippen LogP contribution in [0.5, 0.6) is 0 Å². The number of benzene rings is 2. The van der Waals surface area contributed by atoms with Crippen molar-refractivity contribution in [3.05, 3.63) is 58.1 Å². The van der Waals surface area contributed by atoms with Gasteiger partial charge in [0.1, 0.15) is 5.69 Å². The van der Waals surface area contributed by atoms with E-state index in [4.69, 9.17) is 5.73 Å². The van der Waals surface area contributed by atoms with Gasteiger partial charge in [0, 0.05) is 6.42 Å². The molecule has 0 aliphatic rings. The van der Waals surface area contributed by atoms with Gasteiger partial charge in [0.25, 0.3) is 5.69 Å². The Kier molecular flexibility index (Phi) is 4.73. The summed E-state index contributed by atoms with van der Waals surface area (Å²) in [5.41, 5.74) is 7.80. The molecule has 0 heterocycles. The minimum atomic E-state index is -0.480. The van der Waals surface area contributed by atoms with Crippen molar-refractivity contribution in [1.82, 2.24) is 0 Å². The number of para-hydroxylation sites is 1. The predicted molar refractivity (Wildman–Crippen MR) is 83.3 cm³/mol. The van der Waals surface area contributed by atoms with Crippen molar-refractivity contribution >= 4 is 17.3 Å². The first-order valence-corrected chi connectivity index (χ1v) is 6.72. The number of rotatable bonds is 5. The Bertz CT molecular complexity index is 713. The molecular formula is C16H16N2O4. The number of anilines is 1. The number of carbonyl (C=O) groups excluding carboxylic acids is 1. The molecule has 0 aromatic heterocycles. The molecule has 0 radical (unpaired) electrons. The third-order valence-electron chi connectivity index (χ3n) is 3.33. The van der Waals surface area contributed by atoms with E-state index in [1.54, 1.807) is 24.3 Å². The lowest BCUT2D eigenvalue weighted by Crippen LogP contribution is -2.02. The molecule has 6 nitrogen and oxygen atoms in total. The number of esters is 1. The highest BCUT2D eigenvalue weighted by Gasteiger charge is 2.19. The zero-order chi connectivity index (χ0) is 16.1. The summed E-state index contributed by atoms with van der Waals surface area (Å²) in [5, 5.41) is 11.2. The van der Waals surface area contributed by atoms with E-state index >= 15 is 0 Å². The van der Waals surface area contributed by atoms with Crippen molar-refractivity contribution in [1.29, 1.82) is 0 Å². The number of ether oxygens (including phenoxy) is 1. The molecule has 0 amide bonds. The van der Waals surface area contributed by atoms with Crippen LogP contribution in [-0.4, -0.2) is 18.0 Å². The number of aryl methyl sites for hydroxylation is 1. The topological polar surface area (TPSA) is 95.5 Å². The minimum absolute atomic E-state index is 0.104. The first-order valence-electron chi connectivity index (χ1n) is 6.72. The van der Waals surface area contributed by atoms with Crippen molar-refractivity contribution in [3.8, 4) is 11.1 Å². The van der Waals surface area contributed by atoms with Gasteiger partial charge in [-0.3, -0.25) is 14.9 Å². The number of nitrogens with two attached hydrogens (primary N) is 1. The maximum Gasteiger partial charge on any atom is 0.305 e. The van der Waals surface area contributed by atoms with Crippen molar-refractivity contribution in [2.75, 3.05) is 12.8 Å². The maximum absolute atomic E-state index is 11.2. The number of nitro groups is 1. The van der Waals surface area contributed by atoms with Crippen LogP contribution in [0.2, 0.25) is 0 Å². The van der Waals surface area contributed by atoms with Crippen molar-refractivity contribution in [2.45, 2.75) is 12.8 Å². The van der Waals surface area contributed by atoms with Gasteiger partial charge in [0.15, 0.2) is 0 Å². The van der Waals surface area contributed by atoms with E-state index in [2.05, 4.69) is 4.74 Å². The molecule has 0 bridgehead atoms. The average Bonchev–Trinajstić information content (AvgIpc) is 2.52. The van der Waals surface area contributed by atoms with Gasteiger partial charge in [-0.15, -0.1) is 0 Å². The molecule has 2 aromatic rings. The highest BCUT2D eigenvalue weighted by atomic mass is 16.6. The van der Waals surface area contributed by atoms with Crippen LogP contribution in [0.3, 0.4) is 0 Å². The van der Waals surface area contributed by atoms with Crippen LogP contribution in [-0.2, 0) is 16.0 Å². The van der Waals surface area contributed by atoms with E-state index < -0.39 is 4.92 Å². The van der Waals surface area contributed by atoms with E-state index in [1.807, 2.05) is 12.1 Å². The van der Waals surface area contributed by atoms with E-state index in [0.29, 0.717) is 17.5 Å². The summed E-state index contributed by atoms with van der Waals surface area (Å²) < 4.78 is 4.61. The Labute approximate surface area is 127 Å². The van der Waals surface area contributed by atoms with Gasteiger partial charge in [-0.2, -0.15) is 0 Å². The lowest BCUT2D eigenvalue weighted by molar-refractivity contribution is -0.383. The molecule has 0 aliphatic carbocycles. The normalized spacial score (nSPS) is 10.2. The second-order valence-corrected chi connectivity index (χ2v) is 4.78. The minimum Gasteiger partial charge on any atom is -0.469 e. The zero-order valence-electron chi connectivity index (χ0n) is 12.1. The number of hydrogen-bond acceptors (Lipinski definition) is 5. The number of methoxy groups -OCH3 is 1. The molecule has 0 saturated heterocycles. The molecule has 0 fully saturated rings. The van der Waals surface area contributed by atoms with Crippen molar-refractivity contribution < 1.29 is 14.5 Å². The molecule has 0 unspecified atom stereocenters. The first-order chi connectivity index (χ1) is 10.5. The fourth-order valence-electron chi connectivity index (χ4n) is 2.24. The van der Waals surface area contributed by atoms with Gasteiger partial charge in [-0.05, 0) is 29.7 Å². The van der Waals surface area contributed by atoms with Crippen LogP contribution in [0, 0.1) is 10.1 Å². The fourth-order valence-corrected chi connectivity index (χ4v) is 2.24. The summed E-state index contributed by atoms with van der Waals surface area (Å²) in [6, 6.07) is 12.1. The molecule has 22 heavy (non-hydrogen) atoms.